The number of benzene rings is 1. The summed E-state index contributed by atoms with van der Waals surface area (Å²) in [6.45, 7) is 1.48. The number of allylic oxidation sites excluding steroid dienone is 2. The van der Waals surface area contributed by atoms with Gasteiger partial charge in [0.2, 0.25) is 17.6 Å². The highest BCUT2D eigenvalue weighted by atomic mass is 16.5. The maximum atomic E-state index is 12.4. The third-order valence-electron chi connectivity index (χ3n) is 5.19. The minimum atomic E-state index is -0.961. The van der Waals surface area contributed by atoms with Crippen LogP contribution in [-0.2, 0) is 19.1 Å². The van der Waals surface area contributed by atoms with Crippen molar-refractivity contribution in [2.75, 3.05) is 13.7 Å². The van der Waals surface area contributed by atoms with E-state index in [1.165, 1.54) is 14.0 Å². The topological polar surface area (TPSA) is 90.0 Å². The van der Waals surface area contributed by atoms with Crippen LogP contribution in [0.3, 0.4) is 0 Å². The van der Waals surface area contributed by atoms with Crippen LogP contribution < -0.4 is 4.74 Å². The molecular formula is C21H23NO6. The Hall–Kier alpha value is -2.96. The summed E-state index contributed by atoms with van der Waals surface area (Å²) >= 11 is 0. The van der Waals surface area contributed by atoms with E-state index in [0.717, 1.165) is 4.90 Å². The Balaban J connectivity index is 1.51. The van der Waals surface area contributed by atoms with E-state index in [0.29, 0.717) is 24.2 Å². The second-order valence-corrected chi connectivity index (χ2v) is 6.96. The Labute approximate surface area is 163 Å². The normalized spacial score (nSPS) is 22.0. The van der Waals surface area contributed by atoms with E-state index in [2.05, 4.69) is 0 Å². The van der Waals surface area contributed by atoms with Crippen molar-refractivity contribution in [3.63, 3.8) is 0 Å². The molecule has 0 aromatic heterocycles. The summed E-state index contributed by atoms with van der Waals surface area (Å²) in [6.07, 6.45) is 3.85. The van der Waals surface area contributed by atoms with Gasteiger partial charge in [0, 0.05) is 12.1 Å². The fraction of sp³-hybridized carbons (Fsp3) is 0.429. The summed E-state index contributed by atoms with van der Waals surface area (Å²) < 4.78 is 10.2. The van der Waals surface area contributed by atoms with Gasteiger partial charge in [0.25, 0.3) is 0 Å². The number of Topliss-reactive ketones (excluding diaryl/α,β-unsaturated/α-hetero) is 1. The number of hydrogen-bond acceptors (Lipinski definition) is 6. The number of esters is 1. The molecular weight excluding hydrogens is 362 g/mol. The van der Waals surface area contributed by atoms with Crippen molar-refractivity contribution >= 4 is 23.6 Å². The Morgan fingerprint density at radius 2 is 1.64 bits per heavy atom. The largest absolute Gasteiger partial charge is 0.497 e. The zero-order chi connectivity index (χ0) is 20.3. The number of methoxy groups -OCH3 is 1. The highest BCUT2D eigenvalue weighted by molar-refractivity contribution is 6.05. The molecule has 0 spiro atoms. The van der Waals surface area contributed by atoms with Gasteiger partial charge in [-0.05, 0) is 44.0 Å². The highest BCUT2D eigenvalue weighted by Crippen LogP contribution is 2.35. The predicted molar refractivity (Wildman–Crippen MR) is 99.6 cm³/mol. The number of ketones is 1. The quantitative estimate of drug-likeness (QED) is 0.309. The summed E-state index contributed by atoms with van der Waals surface area (Å²) in [5.41, 5.74) is 0.405. The third-order valence-corrected chi connectivity index (χ3v) is 5.19. The number of nitrogens with zero attached hydrogens (tertiary/aromatic N) is 1. The molecule has 7 heteroatoms. The maximum Gasteiger partial charge on any atom is 0.308 e. The smallest absolute Gasteiger partial charge is 0.308 e. The Kier molecular flexibility index (Phi) is 5.92. The molecule has 7 nitrogen and oxygen atoms in total. The van der Waals surface area contributed by atoms with Crippen molar-refractivity contribution in [3.05, 3.63) is 42.0 Å². The molecule has 0 radical (unpaired) electrons. The van der Waals surface area contributed by atoms with Gasteiger partial charge in [-0.2, -0.15) is 0 Å². The monoisotopic (exact) mass is 385 g/mol. The predicted octanol–water partition coefficient (Wildman–Crippen LogP) is 2.15. The van der Waals surface area contributed by atoms with Crippen molar-refractivity contribution in [3.8, 4) is 5.75 Å². The molecule has 3 rings (SSSR count). The van der Waals surface area contributed by atoms with Crippen molar-refractivity contribution < 1.29 is 28.7 Å². The molecule has 1 fully saturated rings. The van der Waals surface area contributed by atoms with Crippen LogP contribution in [0.4, 0.5) is 0 Å². The molecule has 2 amide bonds. The average molecular weight is 385 g/mol. The van der Waals surface area contributed by atoms with E-state index in [1.807, 2.05) is 12.2 Å². The van der Waals surface area contributed by atoms with Gasteiger partial charge in [0.1, 0.15) is 5.75 Å². The van der Waals surface area contributed by atoms with Gasteiger partial charge in [-0.1, -0.05) is 12.2 Å². The summed E-state index contributed by atoms with van der Waals surface area (Å²) in [5.74, 6) is -1.42. The van der Waals surface area contributed by atoms with Crippen LogP contribution in [0.1, 0.15) is 36.5 Å². The maximum absolute atomic E-state index is 12.4. The molecule has 1 heterocycles. The van der Waals surface area contributed by atoms with E-state index >= 15 is 0 Å². The zero-order valence-corrected chi connectivity index (χ0v) is 15.9. The molecule has 148 valence electrons. The average Bonchev–Trinajstić information content (AvgIpc) is 2.96. The van der Waals surface area contributed by atoms with E-state index in [1.54, 1.807) is 24.3 Å². The van der Waals surface area contributed by atoms with Crippen LogP contribution in [0.2, 0.25) is 0 Å². The van der Waals surface area contributed by atoms with Crippen LogP contribution in [-0.4, -0.2) is 48.2 Å². The number of carbonyl (C=O) groups excluding carboxylic acids is 4. The second kappa shape index (κ2) is 8.37. The van der Waals surface area contributed by atoms with Gasteiger partial charge >= 0.3 is 5.97 Å². The zero-order valence-electron chi connectivity index (χ0n) is 15.9. The standard InChI is InChI=1S/C21H23NO6/c1-13(19(24)14-7-9-15(27-2)10-8-14)28-18(23)11-12-22-20(25)16-5-3-4-6-17(16)21(22)26/h3-4,7-10,13,16-17H,5-6,11-12H2,1-2H3/t13-,16+,17+/m1/s1. The first-order valence-corrected chi connectivity index (χ1v) is 9.30. The number of imide groups is 1. The number of ether oxygens (including phenoxy) is 2. The first-order chi connectivity index (χ1) is 13.4. The lowest BCUT2D eigenvalue weighted by atomic mass is 9.85. The Bertz CT molecular complexity index is 787. The van der Waals surface area contributed by atoms with E-state index in [9.17, 15) is 19.2 Å². The fourth-order valence-electron chi connectivity index (χ4n) is 3.59. The van der Waals surface area contributed by atoms with Crippen molar-refractivity contribution in [2.45, 2.75) is 32.3 Å². The van der Waals surface area contributed by atoms with Gasteiger partial charge in [0.05, 0.1) is 25.4 Å². The Morgan fingerprint density at radius 3 is 2.18 bits per heavy atom. The summed E-state index contributed by atoms with van der Waals surface area (Å²) in [6, 6.07) is 6.51. The summed E-state index contributed by atoms with van der Waals surface area (Å²) in [5, 5.41) is 0. The lowest BCUT2D eigenvalue weighted by molar-refractivity contribution is -0.147. The molecule has 1 aliphatic heterocycles. The molecule has 0 N–H and O–H groups in total. The molecule has 1 aromatic rings. The first kappa shape index (κ1) is 19.8. The Morgan fingerprint density at radius 1 is 1.07 bits per heavy atom. The third kappa shape index (κ3) is 3.98. The minimum absolute atomic E-state index is 0.0209. The van der Waals surface area contributed by atoms with Gasteiger partial charge in [-0.15, -0.1) is 0 Å². The molecule has 28 heavy (non-hydrogen) atoms. The molecule has 0 bridgehead atoms. The number of likely N-dealkylation sites (tertiary alicyclic amines) is 1. The van der Waals surface area contributed by atoms with Crippen LogP contribution in [0.25, 0.3) is 0 Å². The summed E-state index contributed by atoms with van der Waals surface area (Å²) in [4.78, 5) is 50.4. The minimum Gasteiger partial charge on any atom is -0.497 e. The number of hydrogen-bond donors (Lipinski definition) is 0. The van der Waals surface area contributed by atoms with Crippen LogP contribution in [0.5, 0.6) is 5.75 Å². The molecule has 0 saturated carbocycles. The highest BCUT2D eigenvalue weighted by Gasteiger charge is 2.47. The number of rotatable bonds is 7. The van der Waals surface area contributed by atoms with Gasteiger partial charge in [0.15, 0.2) is 6.10 Å². The van der Waals surface area contributed by atoms with E-state index in [4.69, 9.17) is 9.47 Å². The van der Waals surface area contributed by atoms with Crippen molar-refractivity contribution in [2.24, 2.45) is 11.8 Å². The summed E-state index contributed by atoms with van der Waals surface area (Å²) in [7, 11) is 1.53. The number of carbonyl (C=O) groups is 4. The van der Waals surface area contributed by atoms with Gasteiger partial charge in [-0.25, -0.2) is 0 Å². The lowest BCUT2D eigenvalue weighted by Crippen LogP contribution is -2.34. The van der Waals surface area contributed by atoms with Crippen molar-refractivity contribution in [1.29, 1.82) is 0 Å². The molecule has 2 aliphatic rings. The molecule has 1 saturated heterocycles. The molecule has 1 aromatic carbocycles. The fourth-order valence-corrected chi connectivity index (χ4v) is 3.59. The SMILES string of the molecule is COc1ccc(C(=O)[C@@H](C)OC(=O)CCN2C(=O)[C@H]3CC=CC[C@@H]3C2=O)cc1. The van der Waals surface area contributed by atoms with Crippen LogP contribution >= 0.6 is 0 Å². The molecule has 3 atom stereocenters. The first-order valence-electron chi connectivity index (χ1n) is 9.30. The molecule has 1 aliphatic carbocycles. The van der Waals surface area contributed by atoms with E-state index < -0.39 is 12.1 Å². The van der Waals surface area contributed by atoms with Gasteiger partial charge in [-0.3, -0.25) is 24.1 Å². The van der Waals surface area contributed by atoms with Crippen molar-refractivity contribution in [1.82, 2.24) is 4.90 Å². The lowest BCUT2D eigenvalue weighted by Gasteiger charge is -2.16. The number of fused-ring (bicyclic) bond motifs is 1. The van der Waals surface area contributed by atoms with Gasteiger partial charge < -0.3 is 9.47 Å². The second-order valence-electron chi connectivity index (χ2n) is 6.96. The molecule has 0 unspecified atom stereocenters. The van der Waals surface area contributed by atoms with Crippen LogP contribution in [0, 0.1) is 11.8 Å². The van der Waals surface area contributed by atoms with Crippen LogP contribution in [0.15, 0.2) is 36.4 Å². The van der Waals surface area contributed by atoms with E-state index in [-0.39, 0.29) is 42.4 Å². The number of amides is 2.